The van der Waals surface area contributed by atoms with E-state index in [-0.39, 0.29) is 20.6 Å². The number of carbonyl (C=O) groups is 1. The largest absolute Gasteiger partial charge is 0.288 e. The van der Waals surface area contributed by atoms with E-state index in [0.29, 0.717) is 12.1 Å². The lowest BCUT2D eigenvalue weighted by molar-refractivity contribution is 0.103. The topological polar surface area (TPSA) is 17.1 Å². The van der Waals surface area contributed by atoms with E-state index in [1.165, 1.54) is 12.1 Å². The Kier molecular flexibility index (Phi) is 3.96. The van der Waals surface area contributed by atoms with Crippen LogP contribution in [0.25, 0.3) is 0 Å². The summed E-state index contributed by atoms with van der Waals surface area (Å²) in [5, 5.41) is -0.279. The zero-order chi connectivity index (χ0) is 14.2. The molecule has 0 aliphatic carbocycles. The third-order valence-electron chi connectivity index (χ3n) is 2.44. The van der Waals surface area contributed by atoms with E-state index in [4.69, 9.17) is 11.6 Å². The van der Waals surface area contributed by atoms with Crippen LogP contribution in [0.5, 0.6) is 0 Å². The number of hydrogen-bond acceptors (Lipinski definition) is 1. The second-order valence-corrected chi connectivity index (χ2v) is 4.93. The molecule has 1 nitrogen and oxygen atoms in total. The fourth-order valence-electron chi connectivity index (χ4n) is 1.55. The van der Waals surface area contributed by atoms with Gasteiger partial charge in [-0.1, -0.05) is 17.7 Å². The normalized spacial score (nSPS) is 10.6. The molecule has 0 aliphatic rings. The molecule has 0 aliphatic heterocycles. The Hall–Kier alpha value is -1.33. The van der Waals surface area contributed by atoms with E-state index in [2.05, 4.69) is 15.9 Å². The van der Waals surface area contributed by atoms with Gasteiger partial charge in [0.2, 0.25) is 0 Å². The fraction of sp³-hybridized carbons (Fsp3) is 0. The Bertz CT molecular complexity index is 653. The van der Waals surface area contributed by atoms with Crippen molar-refractivity contribution in [3.63, 3.8) is 0 Å². The van der Waals surface area contributed by atoms with Gasteiger partial charge >= 0.3 is 0 Å². The minimum absolute atomic E-state index is 0.207. The summed E-state index contributed by atoms with van der Waals surface area (Å²) in [6.07, 6.45) is 0. The van der Waals surface area contributed by atoms with Gasteiger partial charge in [0.15, 0.2) is 17.4 Å². The zero-order valence-corrected chi connectivity index (χ0v) is 11.5. The SMILES string of the molecule is O=C(c1cc(F)c(F)cc1Cl)c1c(F)cccc1Br. The van der Waals surface area contributed by atoms with Crippen molar-refractivity contribution in [2.24, 2.45) is 0 Å². The molecule has 0 aromatic heterocycles. The molecule has 0 fully saturated rings. The molecule has 0 N–H and O–H groups in total. The Morgan fingerprint density at radius 1 is 1.05 bits per heavy atom. The quantitative estimate of drug-likeness (QED) is 0.565. The van der Waals surface area contributed by atoms with E-state index >= 15 is 0 Å². The van der Waals surface area contributed by atoms with Crippen LogP contribution in [0, 0.1) is 17.5 Å². The first-order chi connectivity index (χ1) is 8.91. The maximum absolute atomic E-state index is 13.6. The first kappa shape index (κ1) is 14.1. The number of halogens is 5. The zero-order valence-electron chi connectivity index (χ0n) is 9.18. The van der Waals surface area contributed by atoms with Crippen LogP contribution in [0.2, 0.25) is 5.02 Å². The number of ketones is 1. The average Bonchev–Trinajstić information content (AvgIpc) is 2.33. The molecule has 98 valence electrons. The van der Waals surface area contributed by atoms with Crippen molar-refractivity contribution in [1.29, 1.82) is 0 Å². The highest BCUT2D eigenvalue weighted by atomic mass is 79.9. The molecule has 0 bridgehead atoms. The molecule has 0 amide bonds. The molecule has 2 rings (SSSR count). The number of carbonyl (C=O) groups excluding carboxylic acids is 1. The van der Waals surface area contributed by atoms with Crippen LogP contribution in [-0.2, 0) is 0 Å². The van der Waals surface area contributed by atoms with E-state index in [0.717, 1.165) is 6.07 Å². The van der Waals surface area contributed by atoms with Crippen LogP contribution in [-0.4, -0.2) is 5.78 Å². The van der Waals surface area contributed by atoms with Gasteiger partial charge < -0.3 is 0 Å². The minimum Gasteiger partial charge on any atom is -0.288 e. The van der Waals surface area contributed by atoms with Gasteiger partial charge in [-0.05, 0) is 40.2 Å². The maximum Gasteiger partial charge on any atom is 0.198 e. The number of benzene rings is 2. The third kappa shape index (κ3) is 2.67. The summed E-state index contributed by atoms with van der Waals surface area (Å²) in [7, 11) is 0. The van der Waals surface area contributed by atoms with Crippen molar-refractivity contribution in [2.75, 3.05) is 0 Å². The fourth-order valence-corrected chi connectivity index (χ4v) is 2.30. The first-order valence-corrected chi connectivity index (χ1v) is 6.22. The molecule has 0 unspecified atom stereocenters. The highest BCUT2D eigenvalue weighted by molar-refractivity contribution is 9.10. The number of rotatable bonds is 2. The van der Waals surface area contributed by atoms with Crippen LogP contribution >= 0.6 is 27.5 Å². The lowest BCUT2D eigenvalue weighted by atomic mass is 10.0. The molecule has 0 saturated heterocycles. The second kappa shape index (κ2) is 5.35. The van der Waals surface area contributed by atoms with E-state index in [1.54, 1.807) is 0 Å². The summed E-state index contributed by atoms with van der Waals surface area (Å²) in [6, 6.07) is 5.29. The van der Waals surface area contributed by atoms with E-state index < -0.39 is 23.2 Å². The Morgan fingerprint density at radius 3 is 2.32 bits per heavy atom. The highest BCUT2D eigenvalue weighted by Crippen LogP contribution is 2.27. The lowest BCUT2D eigenvalue weighted by Gasteiger charge is -2.07. The molecule has 0 atom stereocenters. The van der Waals surface area contributed by atoms with Crippen molar-refractivity contribution in [3.05, 3.63) is 68.4 Å². The number of hydrogen-bond donors (Lipinski definition) is 0. The van der Waals surface area contributed by atoms with Crippen molar-refractivity contribution in [3.8, 4) is 0 Å². The molecule has 19 heavy (non-hydrogen) atoms. The van der Waals surface area contributed by atoms with Gasteiger partial charge in [0.05, 0.1) is 10.6 Å². The monoisotopic (exact) mass is 348 g/mol. The lowest BCUT2D eigenvalue weighted by Crippen LogP contribution is -2.07. The van der Waals surface area contributed by atoms with Gasteiger partial charge in [-0.25, -0.2) is 13.2 Å². The van der Waals surface area contributed by atoms with Gasteiger partial charge in [0.25, 0.3) is 0 Å². The predicted octanol–water partition coefficient (Wildman–Crippen LogP) is 4.75. The third-order valence-corrected chi connectivity index (χ3v) is 3.42. The molecule has 0 radical (unpaired) electrons. The summed E-state index contributed by atoms with van der Waals surface area (Å²) in [6.45, 7) is 0. The van der Waals surface area contributed by atoms with Crippen molar-refractivity contribution < 1.29 is 18.0 Å². The molecule has 0 spiro atoms. The van der Waals surface area contributed by atoms with Crippen LogP contribution in [0.3, 0.4) is 0 Å². The maximum atomic E-state index is 13.6. The average molecular weight is 350 g/mol. The first-order valence-electron chi connectivity index (χ1n) is 5.05. The summed E-state index contributed by atoms with van der Waals surface area (Å²) in [4.78, 5) is 12.1. The van der Waals surface area contributed by atoms with E-state index in [9.17, 15) is 18.0 Å². The standard InChI is InChI=1S/C13H5BrClF3O/c14-7-2-1-3-9(16)12(7)13(19)6-4-10(17)11(18)5-8(6)15/h1-5H. The van der Waals surface area contributed by atoms with Crippen LogP contribution in [0.1, 0.15) is 15.9 Å². The summed E-state index contributed by atoms with van der Waals surface area (Å²) in [5.41, 5.74) is -0.582. The van der Waals surface area contributed by atoms with Crippen molar-refractivity contribution in [1.82, 2.24) is 0 Å². The summed E-state index contributed by atoms with van der Waals surface area (Å²) >= 11 is 8.72. The Morgan fingerprint density at radius 2 is 1.68 bits per heavy atom. The molecule has 2 aromatic rings. The van der Waals surface area contributed by atoms with Gasteiger partial charge in [-0.2, -0.15) is 0 Å². The Balaban J connectivity index is 2.60. The van der Waals surface area contributed by atoms with Crippen LogP contribution in [0.4, 0.5) is 13.2 Å². The van der Waals surface area contributed by atoms with Gasteiger partial charge in [0.1, 0.15) is 5.82 Å². The predicted molar refractivity (Wildman–Crippen MR) is 68.9 cm³/mol. The van der Waals surface area contributed by atoms with Crippen molar-refractivity contribution >= 4 is 33.3 Å². The molecular formula is C13H5BrClF3O. The molecule has 0 saturated carbocycles. The molecular weight excluding hydrogens is 344 g/mol. The molecule has 6 heteroatoms. The van der Waals surface area contributed by atoms with Gasteiger partial charge in [0, 0.05) is 10.0 Å². The second-order valence-electron chi connectivity index (χ2n) is 3.67. The smallest absolute Gasteiger partial charge is 0.198 e. The van der Waals surface area contributed by atoms with E-state index in [1.807, 2.05) is 0 Å². The summed E-state index contributed by atoms with van der Waals surface area (Å²) in [5.74, 6) is -4.00. The van der Waals surface area contributed by atoms with Crippen molar-refractivity contribution in [2.45, 2.75) is 0 Å². The highest BCUT2D eigenvalue weighted by Gasteiger charge is 2.21. The van der Waals surface area contributed by atoms with Crippen LogP contribution in [0.15, 0.2) is 34.8 Å². The molecule has 2 aromatic carbocycles. The molecule has 0 heterocycles. The van der Waals surface area contributed by atoms with Gasteiger partial charge in [-0.15, -0.1) is 0 Å². The van der Waals surface area contributed by atoms with Crippen LogP contribution < -0.4 is 0 Å². The van der Waals surface area contributed by atoms with Gasteiger partial charge in [-0.3, -0.25) is 4.79 Å². The summed E-state index contributed by atoms with van der Waals surface area (Å²) < 4.78 is 39.9. The minimum atomic E-state index is -1.22. The Labute approximate surface area is 120 Å².